The Bertz CT molecular complexity index is 628. The molecule has 0 aromatic carbocycles. The van der Waals surface area contributed by atoms with Crippen LogP contribution < -0.4 is 5.56 Å². The number of ether oxygens (including phenoxy) is 1. The first kappa shape index (κ1) is 13.9. The maximum Gasteiger partial charge on any atom is 0.255 e. The van der Waals surface area contributed by atoms with Gasteiger partial charge in [-0.2, -0.15) is 12.6 Å². The Morgan fingerprint density at radius 3 is 2.95 bits per heavy atom. The summed E-state index contributed by atoms with van der Waals surface area (Å²) in [6.07, 6.45) is 2.27. The molecule has 3 rings (SSSR count). The molecular weight excluding hydrogens is 290 g/mol. The monoisotopic (exact) mass is 307 g/mol. The standard InChI is InChI=1S/C15H17NO2S2/c17-15-11(10-19)5-6-13(14-4-2-8-20-14)16(15)9-12-3-1-7-18-12/h2,4-6,8,12,19H,1,3,7,9-10H2. The summed E-state index contributed by atoms with van der Waals surface area (Å²) >= 11 is 5.89. The Balaban J connectivity index is 2.04. The van der Waals surface area contributed by atoms with Crippen molar-refractivity contribution in [3.05, 3.63) is 45.6 Å². The van der Waals surface area contributed by atoms with Gasteiger partial charge in [-0.1, -0.05) is 12.1 Å². The summed E-state index contributed by atoms with van der Waals surface area (Å²) in [5.41, 5.74) is 1.78. The van der Waals surface area contributed by atoms with Crippen molar-refractivity contribution in [1.82, 2.24) is 4.57 Å². The highest BCUT2D eigenvalue weighted by molar-refractivity contribution is 7.79. The van der Waals surface area contributed by atoms with Gasteiger partial charge >= 0.3 is 0 Å². The Hall–Kier alpha value is -1.04. The van der Waals surface area contributed by atoms with Gasteiger partial charge in [-0.05, 0) is 30.4 Å². The van der Waals surface area contributed by atoms with Crippen LogP contribution in [0.2, 0.25) is 0 Å². The van der Waals surface area contributed by atoms with Crippen LogP contribution in [-0.4, -0.2) is 17.3 Å². The molecule has 2 aromatic rings. The van der Waals surface area contributed by atoms with Crippen molar-refractivity contribution in [3.8, 4) is 10.6 Å². The SMILES string of the molecule is O=c1c(CS)ccc(-c2cccs2)n1CC1CCCO1. The summed E-state index contributed by atoms with van der Waals surface area (Å²) in [6.45, 7) is 1.44. The maximum atomic E-state index is 12.6. The van der Waals surface area contributed by atoms with Crippen LogP contribution in [0.1, 0.15) is 18.4 Å². The molecule has 106 valence electrons. The summed E-state index contributed by atoms with van der Waals surface area (Å²) in [6, 6.07) is 7.96. The second-order valence-corrected chi connectivity index (χ2v) is 6.19. The van der Waals surface area contributed by atoms with E-state index in [1.807, 2.05) is 34.2 Å². The summed E-state index contributed by atoms with van der Waals surface area (Å²) in [5.74, 6) is 0.467. The second kappa shape index (κ2) is 6.16. The molecule has 1 aliphatic rings. The van der Waals surface area contributed by atoms with Crippen LogP contribution in [0, 0.1) is 0 Å². The highest BCUT2D eigenvalue weighted by atomic mass is 32.1. The number of hydrogen-bond donors (Lipinski definition) is 1. The Morgan fingerprint density at radius 1 is 1.40 bits per heavy atom. The van der Waals surface area contributed by atoms with Crippen molar-refractivity contribution >= 4 is 24.0 Å². The second-order valence-electron chi connectivity index (χ2n) is 4.93. The van der Waals surface area contributed by atoms with E-state index in [1.165, 1.54) is 0 Å². The molecule has 0 N–H and O–H groups in total. The molecule has 5 heteroatoms. The molecule has 0 radical (unpaired) electrons. The molecular formula is C15H17NO2S2. The van der Waals surface area contributed by atoms with Crippen molar-refractivity contribution in [2.45, 2.75) is 31.2 Å². The molecule has 0 amide bonds. The molecule has 2 aromatic heterocycles. The van der Waals surface area contributed by atoms with Crippen LogP contribution in [0.4, 0.5) is 0 Å². The minimum atomic E-state index is 0.0569. The minimum Gasteiger partial charge on any atom is -0.376 e. The normalized spacial score (nSPS) is 18.6. The lowest BCUT2D eigenvalue weighted by Gasteiger charge is -2.17. The number of nitrogens with zero attached hydrogens (tertiary/aromatic N) is 1. The number of pyridine rings is 1. The van der Waals surface area contributed by atoms with Gasteiger partial charge in [-0.3, -0.25) is 4.79 Å². The fourth-order valence-corrected chi connectivity index (χ4v) is 3.56. The van der Waals surface area contributed by atoms with Gasteiger partial charge in [0.25, 0.3) is 5.56 Å². The number of hydrogen-bond acceptors (Lipinski definition) is 4. The Labute approximate surface area is 127 Å². The fourth-order valence-electron chi connectivity index (χ4n) is 2.56. The van der Waals surface area contributed by atoms with Crippen molar-refractivity contribution in [2.24, 2.45) is 0 Å². The highest BCUT2D eigenvalue weighted by Crippen LogP contribution is 2.25. The minimum absolute atomic E-state index is 0.0569. The summed E-state index contributed by atoms with van der Waals surface area (Å²) < 4.78 is 7.54. The van der Waals surface area contributed by atoms with Crippen LogP contribution >= 0.6 is 24.0 Å². The Morgan fingerprint density at radius 2 is 2.30 bits per heavy atom. The third kappa shape index (κ3) is 2.71. The van der Waals surface area contributed by atoms with E-state index in [4.69, 9.17) is 4.74 Å². The van der Waals surface area contributed by atoms with Gasteiger partial charge in [0.2, 0.25) is 0 Å². The molecule has 0 saturated carbocycles. The zero-order valence-corrected chi connectivity index (χ0v) is 12.8. The smallest absolute Gasteiger partial charge is 0.255 e. The molecule has 3 heterocycles. The third-order valence-corrected chi connectivity index (χ3v) is 4.84. The van der Waals surface area contributed by atoms with Crippen LogP contribution in [0.5, 0.6) is 0 Å². The molecule has 1 saturated heterocycles. The van der Waals surface area contributed by atoms with E-state index < -0.39 is 0 Å². The highest BCUT2D eigenvalue weighted by Gasteiger charge is 2.19. The van der Waals surface area contributed by atoms with Crippen molar-refractivity contribution in [2.75, 3.05) is 6.61 Å². The summed E-state index contributed by atoms with van der Waals surface area (Å²) in [4.78, 5) is 13.7. The van der Waals surface area contributed by atoms with Crippen molar-refractivity contribution < 1.29 is 4.74 Å². The predicted octanol–water partition coefficient (Wildman–Crippen LogP) is 3.19. The molecule has 20 heavy (non-hydrogen) atoms. The molecule has 1 atom stereocenters. The predicted molar refractivity (Wildman–Crippen MR) is 85.7 cm³/mol. The topological polar surface area (TPSA) is 31.2 Å². The van der Waals surface area contributed by atoms with Crippen LogP contribution in [0.3, 0.4) is 0 Å². The van der Waals surface area contributed by atoms with E-state index >= 15 is 0 Å². The molecule has 1 unspecified atom stereocenters. The van der Waals surface area contributed by atoms with Gasteiger partial charge < -0.3 is 9.30 Å². The van der Waals surface area contributed by atoms with E-state index in [2.05, 4.69) is 12.6 Å². The largest absolute Gasteiger partial charge is 0.376 e. The van der Waals surface area contributed by atoms with Crippen molar-refractivity contribution in [1.29, 1.82) is 0 Å². The lowest BCUT2D eigenvalue weighted by Crippen LogP contribution is -2.29. The Kier molecular flexibility index (Phi) is 4.29. The first-order valence-corrected chi connectivity index (χ1v) is 8.30. The van der Waals surface area contributed by atoms with Crippen LogP contribution in [-0.2, 0) is 17.0 Å². The van der Waals surface area contributed by atoms with Gasteiger partial charge in [-0.15, -0.1) is 11.3 Å². The molecule has 1 fully saturated rings. The van der Waals surface area contributed by atoms with Gasteiger partial charge in [0.1, 0.15) is 0 Å². The van der Waals surface area contributed by atoms with E-state index in [-0.39, 0.29) is 11.7 Å². The lowest BCUT2D eigenvalue weighted by molar-refractivity contribution is 0.0965. The third-order valence-electron chi connectivity index (χ3n) is 3.61. The number of rotatable bonds is 4. The molecule has 0 spiro atoms. The van der Waals surface area contributed by atoms with Crippen LogP contribution in [0.15, 0.2) is 34.4 Å². The van der Waals surface area contributed by atoms with Gasteiger partial charge in [-0.25, -0.2) is 0 Å². The molecule has 0 aliphatic carbocycles. The van der Waals surface area contributed by atoms with E-state index in [1.54, 1.807) is 11.3 Å². The van der Waals surface area contributed by atoms with E-state index in [0.717, 1.165) is 35.6 Å². The molecule has 1 aliphatic heterocycles. The van der Waals surface area contributed by atoms with E-state index in [9.17, 15) is 4.79 Å². The van der Waals surface area contributed by atoms with Gasteiger partial charge in [0.05, 0.1) is 23.2 Å². The van der Waals surface area contributed by atoms with Crippen LogP contribution in [0.25, 0.3) is 10.6 Å². The zero-order valence-electron chi connectivity index (χ0n) is 11.1. The lowest BCUT2D eigenvalue weighted by atomic mass is 10.2. The number of thiol groups is 1. The van der Waals surface area contributed by atoms with Crippen molar-refractivity contribution in [3.63, 3.8) is 0 Å². The van der Waals surface area contributed by atoms with E-state index in [0.29, 0.717) is 12.3 Å². The average Bonchev–Trinajstić information content (AvgIpc) is 3.13. The zero-order chi connectivity index (χ0) is 13.9. The molecule has 0 bridgehead atoms. The average molecular weight is 307 g/mol. The quantitative estimate of drug-likeness (QED) is 0.880. The molecule has 3 nitrogen and oxygen atoms in total. The number of thiophene rings is 1. The summed E-state index contributed by atoms with van der Waals surface area (Å²) in [7, 11) is 0. The number of aromatic nitrogens is 1. The first-order valence-electron chi connectivity index (χ1n) is 6.78. The first-order chi connectivity index (χ1) is 9.79. The van der Waals surface area contributed by atoms with Gasteiger partial charge in [0.15, 0.2) is 0 Å². The summed E-state index contributed by atoms with van der Waals surface area (Å²) in [5, 5.41) is 2.03. The fraction of sp³-hybridized carbons (Fsp3) is 0.400. The van der Waals surface area contributed by atoms with Gasteiger partial charge in [0, 0.05) is 17.9 Å². The maximum absolute atomic E-state index is 12.6.